The van der Waals surface area contributed by atoms with E-state index in [1.807, 2.05) is 0 Å². The number of ether oxygens (including phenoxy) is 1. The van der Waals surface area contributed by atoms with Crippen molar-refractivity contribution in [3.63, 3.8) is 0 Å². The maximum absolute atomic E-state index is 8.07. The average Bonchev–Trinajstić information content (AvgIpc) is 2.32. The predicted octanol–water partition coefficient (Wildman–Crippen LogP) is 2.56. The Hall–Kier alpha value is -0.340. The van der Waals surface area contributed by atoms with E-state index < -0.39 is 48.7 Å². The van der Waals surface area contributed by atoms with Crippen LogP contribution in [0.2, 0.25) is 0 Å². The molecule has 1 fully saturated rings. The second kappa shape index (κ2) is 2.95. The molecular formula is C9H9BrO. The lowest BCUT2D eigenvalue weighted by molar-refractivity contribution is 0.00840. The van der Waals surface area contributed by atoms with Crippen LogP contribution in [0.4, 0.5) is 0 Å². The van der Waals surface area contributed by atoms with Gasteiger partial charge >= 0.3 is 0 Å². The SMILES string of the molecule is [2H]c1c([2H])c(Br)c([2H])c(C2([2H])C([2H])([2H])OC2([2H])[2H])c1[2H]. The third kappa shape index (κ3) is 1.47. The molecule has 0 aliphatic carbocycles. The summed E-state index contributed by atoms with van der Waals surface area (Å²) in [5.74, 6) is -2.65. The summed E-state index contributed by atoms with van der Waals surface area (Å²) in [7, 11) is 0. The third-order valence-corrected chi connectivity index (χ3v) is 1.55. The maximum Gasteiger partial charge on any atom is 0.0638 e. The van der Waals surface area contributed by atoms with E-state index in [-0.39, 0.29) is 4.47 Å². The highest BCUT2D eigenvalue weighted by Crippen LogP contribution is 2.25. The minimum Gasteiger partial charge on any atom is -0.380 e. The van der Waals surface area contributed by atoms with Gasteiger partial charge in [-0.25, -0.2) is 0 Å². The fourth-order valence-corrected chi connectivity index (χ4v) is 0.947. The standard InChI is InChI=1S/C9H9BrO/c10-9-3-1-2-7(4-9)8-5-11-6-8/h1-4,8H,5-6H2/i1D,2D,3D,4D,5D2,6D2,8D. The van der Waals surface area contributed by atoms with E-state index in [2.05, 4.69) is 20.7 Å². The molecule has 1 saturated heterocycles. The Bertz CT molecular complexity index is 557. The summed E-state index contributed by atoms with van der Waals surface area (Å²) in [4.78, 5) is 0. The van der Waals surface area contributed by atoms with Crippen molar-refractivity contribution < 1.29 is 17.1 Å². The number of hydrogen-bond donors (Lipinski definition) is 0. The van der Waals surface area contributed by atoms with Gasteiger partial charge in [-0.3, -0.25) is 0 Å². The van der Waals surface area contributed by atoms with Crippen LogP contribution >= 0.6 is 15.9 Å². The van der Waals surface area contributed by atoms with Gasteiger partial charge in [0.1, 0.15) is 0 Å². The quantitative estimate of drug-likeness (QED) is 0.709. The van der Waals surface area contributed by atoms with Gasteiger partial charge in [0.05, 0.1) is 24.1 Å². The van der Waals surface area contributed by atoms with Crippen LogP contribution < -0.4 is 0 Å². The summed E-state index contributed by atoms with van der Waals surface area (Å²) in [6.45, 7) is -5.48. The zero-order valence-electron chi connectivity index (χ0n) is 14.3. The highest BCUT2D eigenvalue weighted by atomic mass is 79.9. The predicted molar refractivity (Wildman–Crippen MR) is 47.7 cm³/mol. The molecular weight excluding hydrogens is 204 g/mol. The van der Waals surface area contributed by atoms with Crippen molar-refractivity contribution >= 4 is 15.9 Å². The van der Waals surface area contributed by atoms with Crippen LogP contribution in [0.1, 0.15) is 23.8 Å². The first kappa shape index (κ1) is 2.33. The van der Waals surface area contributed by atoms with Crippen LogP contribution in [0, 0.1) is 0 Å². The van der Waals surface area contributed by atoms with Gasteiger partial charge in [-0.15, -0.1) is 0 Å². The largest absolute Gasteiger partial charge is 0.380 e. The fraction of sp³-hybridized carbons (Fsp3) is 0.333. The van der Waals surface area contributed by atoms with Crippen LogP contribution in [-0.2, 0) is 4.74 Å². The molecule has 1 nitrogen and oxygen atoms in total. The Morgan fingerprint density at radius 2 is 2.55 bits per heavy atom. The van der Waals surface area contributed by atoms with Crippen LogP contribution in [-0.4, -0.2) is 13.1 Å². The van der Waals surface area contributed by atoms with Crippen molar-refractivity contribution in [1.29, 1.82) is 0 Å². The monoisotopic (exact) mass is 221 g/mol. The molecule has 58 valence electrons. The molecule has 0 atom stereocenters. The van der Waals surface area contributed by atoms with E-state index in [0.29, 0.717) is 0 Å². The van der Waals surface area contributed by atoms with E-state index in [9.17, 15) is 0 Å². The normalized spacial score (nSPS) is 41.7. The maximum atomic E-state index is 8.07. The van der Waals surface area contributed by atoms with Crippen LogP contribution in [0.15, 0.2) is 28.6 Å². The molecule has 0 amide bonds. The Labute approximate surface area is 87.1 Å². The smallest absolute Gasteiger partial charge is 0.0638 e. The molecule has 0 radical (unpaired) electrons. The minimum absolute atomic E-state index is 0.182. The zero-order chi connectivity index (χ0) is 15.7. The molecule has 1 aliphatic rings. The molecule has 0 N–H and O–H groups in total. The topological polar surface area (TPSA) is 9.23 Å². The Kier molecular flexibility index (Phi) is 0.626. The van der Waals surface area contributed by atoms with E-state index in [1.165, 1.54) is 0 Å². The molecule has 2 heteroatoms. The first-order valence-electron chi connectivity index (χ1n) is 7.35. The van der Waals surface area contributed by atoms with Crippen molar-refractivity contribution in [2.45, 2.75) is 5.89 Å². The molecule has 1 heterocycles. The third-order valence-electron chi connectivity index (χ3n) is 1.15. The fourth-order valence-electron chi connectivity index (χ4n) is 0.650. The number of hydrogen-bond acceptors (Lipinski definition) is 1. The first-order chi connectivity index (χ1) is 8.88. The van der Waals surface area contributed by atoms with Crippen molar-refractivity contribution in [2.24, 2.45) is 0 Å². The summed E-state index contributed by atoms with van der Waals surface area (Å²) in [5, 5.41) is 0. The molecule has 0 bridgehead atoms. The van der Waals surface area contributed by atoms with Crippen molar-refractivity contribution in [1.82, 2.24) is 0 Å². The van der Waals surface area contributed by atoms with Crippen molar-refractivity contribution in [2.75, 3.05) is 13.1 Å². The lowest BCUT2D eigenvalue weighted by Gasteiger charge is -2.26. The molecule has 0 unspecified atom stereocenters. The first-order valence-corrected chi connectivity index (χ1v) is 3.64. The summed E-state index contributed by atoms with van der Waals surface area (Å²) in [5.41, 5.74) is -0.605. The van der Waals surface area contributed by atoms with E-state index in [1.54, 1.807) is 0 Å². The van der Waals surface area contributed by atoms with Gasteiger partial charge in [-0.1, -0.05) is 28.0 Å². The van der Waals surface area contributed by atoms with E-state index >= 15 is 0 Å². The number of benzene rings is 1. The van der Waals surface area contributed by atoms with Crippen LogP contribution in [0.5, 0.6) is 0 Å². The van der Waals surface area contributed by atoms with Gasteiger partial charge in [-0.05, 0) is 17.6 Å². The average molecular weight is 222 g/mol. The molecule has 2 rings (SSSR count). The Morgan fingerprint density at radius 1 is 1.73 bits per heavy atom. The molecule has 1 aromatic rings. The Balaban J connectivity index is 2.83. The summed E-state index contributed by atoms with van der Waals surface area (Å²) in [6, 6.07) is -2.31. The van der Waals surface area contributed by atoms with Gasteiger partial charge in [0, 0.05) is 11.7 Å². The van der Waals surface area contributed by atoms with E-state index in [0.717, 1.165) is 0 Å². The van der Waals surface area contributed by atoms with Gasteiger partial charge in [0.15, 0.2) is 0 Å². The lowest BCUT2D eigenvalue weighted by atomic mass is 9.98. The Morgan fingerprint density at radius 3 is 3.27 bits per heavy atom. The van der Waals surface area contributed by atoms with Gasteiger partial charge in [0.25, 0.3) is 0 Å². The van der Waals surface area contributed by atoms with Crippen LogP contribution in [0.25, 0.3) is 0 Å². The summed E-state index contributed by atoms with van der Waals surface area (Å²) in [6.07, 6.45) is 0. The number of rotatable bonds is 1. The van der Waals surface area contributed by atoms with Crippen LogP contribution in [0.3, 0.4) is 0 Å². The van der Waals surface area contributed by atoms with Crippen molar-refractivity contribution in [3.05, 3.63) is 34.2 Å². The summed E-state index contributed by atoms with van der Waals surface area (Å²) < 4.78 is 73.2. The molecule has 0 saturated carbocycles. The highest BCUT2D eigenvalue weighted by Gasteiger charge is 2.19. The molecule has 11 heavy (non-hydrogen) atoms. The van der Waals surface area contributed by atoms with E-state index in [4.69, 9.17) is 12.3 Å². The highest BCUT2D eigenvalue weighted by molar-refractivity contribution is 9.10. The van der Waals surface area contributed by atoms with Gasteiger partial charge in [-0.2, -0.15) is 0 Å². The van der Waals surface area contributed by atoms with Crippen molar-refractivity contribution in [3.8, 4) is 0 Å². The van der Waals surface area contributed by atoms with Gasteiger partial charge in [0.2, 0.25) is 0 Å². The second-order valence-electron chi connectivity index (χ2n) is 1.87. The summed E-state index contributed by atoms with van der Waals surface area (Å²) >= 11 is 2.89. The molecule has 1 aliphatic heterocycles. The lowest BCUT2D eigenvalue weighted by Crippen LogP contribution is -2.24. The molecule has 0 aromatic heterocycles. The molecule has 0 spiro atoms. The molecule has 1 aromatic carbocycles. The minimum atomic E-state index is -2.74. The second-order valence-corrected chi connectivity index (χ2v) is 2.66. The van der Waals surface area contributed by atoms with Gasteiger partial charge < -0.3 is 4.74 Å². The zero-order valence-corrected chi connectivity index (χ0v) is 6.87. The number of halogens is 1.